The zero-order valence-corrected chi connectivity index (χ0v) is 11.6. The van der Waals surface area contributed by atoms with Crippen LogP contribution >= 0.6 is 11.8 Å². The summed E-state index contributed by atoms with van der Waals surface area (Å²) >= 11 is 2.11. The summed E-state index contributed by atoms with van der Waals surface area (Å²) in [5.74, 6) is 2.98. The first-order chi connectivity index (χ1) is 8.28. The second-order valence-corrected chi connectivity index (χ2v) is 6.30. The summed E-state index contributed by atoms with van der Waals surface area (Å²) in [6.07, 6.45) is 7.63. The van der Waals surface area contributed by atoms with Crippen LogP contribution in [0.1, 0.15) is 38.2 Å². The molecule has 0 aliphatic heterocycles. The van der Waals surface area contributed by atoms with E-state index in [1.54, 1.807) is 0 Å². The van der Waals surface area contributed by atoms with E-state index in [0.29, 0.717) is 0 Å². The van der Waals surface area contributed by atoms with Crippen LogP contribution < -0.4 is 5.32 Å². The van der Waals surface area contributed by atoms with Crippen molar-refractivity contribution in [3.63, 3.8) is 0 Å². The molecule has 1 saturated carbocycles. The minimum Gasteiger partial charge on any atom is -0.373 e. The predicted molar refractivity (Wildman–Crippen MR) is 76.5 cm³/mol. The van der Waals surface area contributed by atoms with Gasteiger partial charge in [0.25, 0.3) is 0 Å². The fraction of sp³-hybridized carbons (Fsp3) is 0.643. The SMILES string of the molecule is CNc1ccc(CSC2CCCC(C)C2)cn1. The third kappa shape index (κ3) is 3.91. The van der Waals surface area contributed by atoms with Crippen molar-refractivity contribution in [3.8, 4) is 0 Å². The molecule has 2 rings (SSSR count). The molecule has 1 aliphatic carbocycles. The molecule has 1 fully saturated rings. The molecule has 1 aromatic heterocycles. The number of aromatic nitrogens is 1. The molecule has 0 radical (unpaired) electrons. The Hall–Kier alpha value is -0.700. The number of nitrogens with zero attached hydrogens (tertiary/aromatic N) is 1. The number of pyridine rings is 1. The van der Waals surface area contributed by atoms with Crippen molar-refractivity contribution < 1.29 is 0 Å². The van der Waals surface area contributed by atoms with E-state index in [1.165, 1.54) is 31.2 Å². The highest BCUT2D eigenvalue weighted by Gasteiger charge is 2.18. The van der Waals surface area contributed by atoms with Crippen molar-refractivity contribution in [3.05, 3.63) is 23.9 Å². The summed E-state index contributed by atoms with van der Waals surface area (Å²) < 4.78 is 0. The van der Waals surface area contributed by atoms with Gasteiger partial charge in [-0.2, -0.15) is 11.8 Å². The first kappa shape index (κ1) is 12.7. The third-order valence-corrected chi connectivity index (χ3v) is 4.85. The van der Waals surface area contributed by atoms with Crippen LogP contribution in [-0.4, -0.2) is 17.3 Å². The predicted octanol–water partition coefficient (Wildman–Crippen LogP) is 3.94. The first-order valence-corrected chi connectivity index (χ1v) is 7.57. The maximum Gasteiger partial charge on any atom is 0.125 e. The van der Waals surface area contributed by atoms with Gasteiger partial charge in [-0.3, -0.25) is 0 Å². The van der Waals surface area contributed by atoms with Crippen molar-refractivity contribution in [2.24, 2.45) is 5.92 Å². The van der Waals surface area contributed by atoms with Gasteiger partial charge in [0.1, 0.15) is 5.82 Å². The van der Waals surface area contributed by atoms with Crippen molar-refractivity contribution in [2.75, 3.05) is 12.4 Å². The highest BCUT2D eigenvalue weighted by atomic mass is 32.2. The van der Waals surface area contributed by atoms with E-state index in [9.17, 15) is 0 Å². The van der Waals surface area contributed by atoms with E-state index in [2.05, 4.69) is 41.1 Å². The maximum atomic E-state index is 4.35. The van der Waals surface area contributed by atoms with Gasteiger partial charge in [-0.25, -0.2) is 4.98 Å². The Balaban J connectivity index is 1.80. The molecule has 0 amide bonds. The van der Waals surface area contributed by atoms with E-state index in [1.807, 2.05) is 13.2 Å². The smallest absolute Gasteiger partial charge is 0.125 e. The highest BCUT2D eigenvalue weighted by molar-refractivity contribution is 7.99. The zero-order chi connectivity index (χ0) is 12.1. The van der Waals surface area contributed by atoms with Crippen LogP contribution in [0.5, 0.6) is 0 Å². The van der Waals surface area contributed by atoms with Gasteiger partial charge in [-0.05, 0) is 30.4 Å². The van der Waals surface area contributed by atoms with E-state index in [-0.39, 0.29) is 0 Å². The fourth-order valence-electron chi connectivity index (χ4n) is 2.40. The molecule has 17 heavy (non-hydrogen) atoms. The van der Waals surface area contributed by atoms with Crippen molar-refractivity contribution >= 4 is 17.6 Å². The van der Waals surface area contributed by atoms with Gasteiger partial charge in [0.05, 0.1) is 0 Å². The summed E-state index contributed by atoms with van der Waals surface area (Å²) in [6, 6.07) is 4.23. The molecule has 1 aromatic rings. The molecular formula is C14H22N2S. The second kappa shape index (κ2) is 6.29. The lowest BCUT2D eigenvalue weighted by Crippen LogP contribution is -2.15. The summed E-state index contributed by atoms with van der Waals surface area (Å²) in [4.78, 5) is 4.35. The lowest BCUT2D eigenvalue weighted by atomic mass is 9.91. The number of thioether (sulfide) groups is 1. The zero-order valence-electron chi connectivity index (χ0n) is 10.8. The summed E-state index contributed by atoms with van der Waals surface area (Å²) in [5.41, 5.74) is 1.34. The quantitative estimate of drug-likeness (QED) is 0.876. The highest BCUT2D eigenvalue weighted by Crippen LogP contribution is 2.33. The van der Waals surface area contributed by atoms with Gasteiger partial charge in [0, 0.05) is 24.2 Å². The molecule has 0 aromatic carbocycles. The minimum absolute atomic E-state index is 0.864. The maximum absolute atomic E-state index is 4.35. The second-order valence-electron chi connectivity index (χ2n) is 5.01. The van der Waals surface area contributed by atoms with Crippen molar-refractivity contribution in [2.45, 2.75) is 43.6 Å². The Labute approximate surface area is 109 Å². The molecule has 1 heterocycles. The van der Waals surface area contributed by atoms with E-state index >= 15 is 0 Å². The van der Waals surface area contributed by atoms with Crippen LogP contribution in [0.3, 0.4) is 0 Å². The largest absolute Gasteiger partial charge is 0.373 e. The lowest BCUT2D eigenvalue weighted by molar-refractivity contribution is 0.394. The molecule has 1 aliphatic rings. The Morgan fingerprint density at radius 1 is 1.41 bits per heavy atom. The van der Waals surface area contributed by atoms with Gasteiger partial charge < -0.3 is 5.32 Å². The third-order valence-electron chi connectivity index (χ3n) is 3.45. The number of nitrogens with one attached hydrogen (secondary N) is 1. The van der Waals surface area contributed by atoms with Crippen molar-refractivity contribution in [1.29, 1.82) is 0 Å². The summed E-state index contributed by atoms with van der Waals surface area (Å²) in [5, 5.41) is 3.91. The standard InChI is InChI=1S/C14H22N2S/c1-11-4-3-5-13(8-11)17-10-12-6-7-14(15-2)16-9-12/h6-7,9,11,13H,3-5,8,10H2,1-2H3,(H,15,16). The Morgan fingerprint density at radius 2 is 2.29 bits per heavy atom. The van der Waals surface area contributed by atoms with Crippen LogP contribution in [-0.2, 0) is 5.75 Å². The van der Waals surface area contributed by atoms with Crippen LogP contribution in [0.25, 0.3) is 0 Å². The minimum atomic E-state index is 0.864. The molecule has 0 spiro atoms. The average Bonchev–Trinajstić information content (AvgIpc) is 2.37. The summed E-state index contributed by atoms with van der Waals surface area (Å²) in [6.45, 7) is 2.38. The monoisotopic (exact) mass is 250 g/mol. The van der Waals surface area contributed by atoms with Crippen LogP contribution in [0.15, 0.2) is 18.3 Å². The van der Waals surface area contributed by atoms with Gasteiger partial charge in [-0.1, -0.05) is 25.8 Å². The normalized spacial score (nSPS) is 24.6. The van der Waals surface area contributed by atoms with E-state index in [0.717, 1.165) is 22.7 Å². The molecule has 2 atom stereocenters. The van der Waals surface area contributed by atoms with Crippen molar-refractivity contribution in [1.82, 2.24) is 4.98 Å². The van der Waals surface area contributed by atoms with Crippen LogP contribution in [0, 0.1) is 5.92 Å². The average molecular weight is 250 g/mol. The van der Waals surface area contributed by atoms with Gasteiger partial charge in [0.15, 0.2) is 0 Å². The molecule has 2 nitrogen and oxygen atoms in total. The number of hydrogen-bond acceptors (Lipinski definition) is 3. The van der Waals surface area contributed by atoms with Gasteiger partial charge in [0.2, 0.25) is 0 Å². The van der Waals surface area contributed by atoms with Crippen LogP contribution in [0.2, 0.25) is 0 Å². The topological polar surface area (TPSA) is 24.9 Å². The lowest BCUT2D eigenvalue weighted by Gasteiger charge is -2.26. The number of rotatable bonds is 4. The fourth-order valence-corrected chi connectivity index (χ4v) is 3.80. The molecule has 0 bridgehead atoms. The Morgan fingerprint density at radius 3 is 2.94 bits per heavy atom. The molecule has 94 valence electrons. The molecular weight excluding hydrogens is 228 g/mol. The Kier molecular flexibility index (Phi) is 4.72. The first-order valence-electron chi connectivity index (χ1n) is 6.52. The number of hydrogen-bond donors (Lipinski definition) is 1. The van der Waals surface area contributed by atoms with E-state index in [4.69, 9.17) is 0 Å². The number of anilines is 1. The van der Waals surface area contributed by atoms with Crippen LogP contribution in [0.4, 0.5) is 5.82 Å². The molecule has 0 saturated heterocycles. The van der Waals surface area contributed by atoms with Gasteiger partial charge in [-0.15, -0.1) is 0 Å². The molecule has 2 unspecified atom stereocenters. The molecule has 3 heteroatoms. The summed E-state index contributed by atoms with van der Waals surface area (Å²) in [7, 11) is 1.90. The Bertz CT molecular complexity index is 337. The van der Waals surface area contributed by atoms with Gasteiger partial charge >= 0.3 is 0 Å². The van der Waals surface area contributed by atoms with E-state index < -0.39 is 0 Å². The molecule has 1 N–H and O–H groups in total.